The lowest BCUT2D eigenvalue weighted by Gasteiger charge is -2.11. The van der Waals surface area contributed by atoms with Crippen molar-refractivity contribution in [2.24, 2.45) is 0 Å². The van der Waals surface area contributed by atoms with Crippen LogP contribution in [0.1, 0.15) is 20.0 Å². The molecule has 0 saturated heterocycles. The summed E-state index contributed by atoms with van der Waals surface area (Å²) in [5.74, 6) is -3.55. The van der Waals surface area contributed by atoms with Crippen molar-refractivity contribution in [3.63, 3.8) is 0 Å². The normalized spacial score (nSPS) is 11.0. The number of carbonyl (C=O) groups is 2. The van der Waals surface area contributed by atoms with E-state index in [-0.39, 0.29) is 10.6 Å². The van der Waals surface area contributed by atoms with Crippen LogP contribution in [0.2, 0.25) is 0 Å². The molecule has 2 rings (SSSR count). The van der Waals surface area contributed by atoms with Crippen LogP contribution in [0.4, 0.5) is 10.1 Å². The van der Waals surface area contributed by atoms with E-state index in [1.165, 1.54) is 11.4 Å². The molecule has 0 atom stereocenters. The number of carboxylic acids is 1. The molecule has 0 bridgehead atoms. The van der Waals surface area contributed by atoms with Gasteiger partial charge in [0.2, 0.25) is 0 Å². The molecule has 2 aromatic rings. The predicted molar refractivity (Wildman–Crippen MR) is 77.2 cm³/mol. The van der Waals surface area contributed by atoms with E-state index in [9.17, 15) is 27.5 Å². The first-order chi connectivity index (χ1) is 10.8. The van der Waals surface area contributed by atoms with Gasteiger partial charge in [0, 0.05) is 0 Å². The van der Waals surface area contributed by atoms with Crippen molar-refractivity contribution in [2.75, 3.05) is 11.8 Å². The van der Waals surface area contributed by atoms with E-state index in [0.29, 0.717) is 12.1 Å². The maximum atomic E-state index is 13.8. The highest BCUT2D eigenvalue weighted by molar-refractivity contribution is 7.92. The topological polar surface area (TPSA) is 113 Å². The first-order valence-corrected chi connectivity index (χ1v) is 8.32. The zero-order chi connectivity index (χ0) is 17.2. The monoisotopic (exact) mass is 358 g/mol. The number of nitrogens with one attached hydrogen (secondary N) is 1. The molecule has 0 aliphatic carbocycles. The molecule has 0 spiro atoms. The van der Waals surface area contributed by atoms with E-state index in [2.05, 4.69) is 4.74 Å². The summed E-state index contributed by atoms with van der Waals surface area (Å²) in [4.78, 5) is 21.4. The zero-order valence-electron chi connectivity index (χ0n) is 11.5. The highest BCUT2D eigenvalue weighted by Crippen LogP contribution is 2.27. The summed E-state index contributed by atoms with van der Waals surface area (Å²) in [6.45, 7) is 0. The summed E-state index contributed by atoms with van der Waals surface area (Å²) in [6.07, 6.45) is 0. The van der Waals surface area contributed by atoms with Crippen LogP contribution in [0.15, 0.2) is 34.5 Å². The molecule has 1 N–H and O–H groups in total. The number of carbonyl (C=O) groups excluding carboxylic acids is 2. The fourth-order valence-corrected chi connectivity index (χ4v) is 3.68. The van der Waals surface area contributed by atoms with Crippen LogP contribution >= 0.6 is 11.3 Å². The third-order valence-corrected chi connectivity index (χ3v) is 5.01. The van der Waals surface area contributed by atoms with Gasteiger partial charge in [-0.25, -0.2) is 17.6 Å². The maximum Gasteiger partial charge on any atom is 0.350 e. The number of aromatic carboxylic acids is 1. The molecule has 0 aliphatic heterocycles. The predicted octanol–water partition coefficient (Wildman–Crippen LogP) is 0.838. The molecule has 0 aliphatic rings. The third kappa shape index (κ3) is 3.48. The largest absolute Gasteiger partial charge is 0.545 e. The van der Waals surface area contributed by atoms with Gasteiger partial charge in [0.15, 0.2) is 0 Å². The van der Waals surface area contributed by atoms with Crippen LogP contribution in [0.3, 0.4) is 0 Å². The Bertz CT molecular complexity index is 874. The van der Waals surface area contributed by atoms with Crippen LogP contribution < -0.4 is 9.83 Å². The lowest BCUT2D eigenvalue weighted by atomic mass is 10.2. The second-order valence-corrected chi connectivity index (χ2v) is 6.76. The van der Waals surface area contributed by atoms with Crippen molar-refractivity contribution in [1.29, 1.82) is 0 Å². The summed E-state index contributed by atoms with van der Waals surface area (Å²) in [6, 6.07) is 3.52. The molecule has 1 aromatic carbocycles. The van der Waals surface area contributed by atoms with E-state index in [1.807, 2.05) is 4.72 Å². The van der Waals surface area contributed by atoms with Crippen LogP contribution in [0.25, 0.3) is 0 Å². The van der Waals surface area contributed by atoms with E-state index in [4.69, 9.17) is 0 Å². The Morgan fingerprint density at radius 2 is 2.00 bits per heavy atom. The molecule has 23 heavy (non-hydrogen) atoms. The average Bonchev–Trinajstić information content (AvgIpc) is 2.93. The van der Waals surface area contributed by atoms with Gasteiger partial charge in [-0.1, -0.05) is 6.07 Å². The highest BCUT2D eigenvalue weighted by atomic mass is 32.2. The smallest absolute Gasteiger partial charge is 0.350 e. The first kappa shape index (κ1) is 16.9. The van der Waals surface area contributed by atoms with Crippen LogP contribution in [0.5, 0.6) is 0 Å². The Labute approximate surface area is 134 Å². The Morgan fingerprint density at radius 3 is 2.61 bits per heavy atom. The number of hydrogen-bond donors (Lipinski definition) is 1. The number of rotatable bonds is 5. The number of halogens is 1. The fourth-order valence-electron chi connectivity index (χ4n) is 1.68. The van der Waals surface area contributed by atoms with Crippen LogP contribution in [0, 0.1) is 5.82 Å². The van der Waals surface area contributed by atoms with Gasteiger partial charge in [0.05, 0.1) is 18.8 Å². The summed E-state index contributed by atoms with van der Waals surface area (Å²) < 4.78 is 44.8. The number of hydrogen-bond acceptors (Lipinski definition) is 7. The van der Waals surface area contributed by atoms with E-state index in [0.717, 1.165) is 24.5 Å². The zero-order valence-corrected chi connectivity index (χ0v) is 13.2. The molecule has 10 heteroatoms. The Hall–Kier alpha value is -2.46. The molecule has 0 amide bonds. The van der Waals surface area contributed by atoms with Crippen molar-refractivity contribution in [3.8, 4) is 0 Å². The van der Waals surface area contributed by atoms with Gasteiger partial charge in [-0.05, 0) is 29.1 Å². The molecular formula is C13H9FNO6S2-. The summed E-state index contributed by atoms with van der Waals surface area (Å²) >= 11 is 0.931. The van der Waals surface area contributed by atoms with Gasteiger partial charge in [0.1, 0.15) is 15.6 Å². The van der Waals surface area contributed by atoms with Gasteiger partial charge in [-0.3, -0.25) is 4.72 Å². The van der Waals surface area contributed by atoms with Crippen molar-refractivity contribution in [3.05, 3.63) is 45.9 Å². The number of benzene rings is 1. The molecule has 0 saturated carbocycles. The van der Waals surface area contributed by atoms with Gasteiger partial charge >= 0.3 is 5.97 Å². The van der Waals surface area contributed by atoms with Gasteiger partial charge in [-0.2, -0.15) is 0 Å². The summed E-state index contributed by atoms with van der Waals surface area (Å²) in [5, 5.41) is 12.2. The molecule has 0 fully saturated rings. The molecule has 1 heterocycles. The molecule has 122 valence electrons. The van der Waals surface area contributed by atoms with E-state index in [1.54, 1.807) is 0 Å². The second-order valence-electron chi connectivity index (χ2n) is 4.19. The Morgan fingerprint density at radius 1 is 1.30 bits per heavy atom. The number of anilines is 1. The van der Waals surface area contributed by atoms with Crippen LogP contribution in [-0.4, -0.2) is 27.5 Å². The van der Waals surface area contributed by atoms with Gasteiger partial charge in [0.25, 0.3) is 10.0 Å². The fraction of sp³-hybridized carbons (Fsp3) is 0.0769. The second kappa shape index (κ2) is 6.34. The maximum absolute atomic E-state index is 13.8. The van der Waals surface area contributed by atoms with Gasteiger partial charge in [-0.15, -0.1) is 11.3 Å². The van der Waals surface area contributed by atoms with Crippen molar-refractivity contribution >= 4 is 39.0 Å². The lowest BCUT2D eigenvalue weighted by molar-refractivity contribution is -0.255. The number of ether oxygens (including phenoxy) is 1. The van der Waals surface area contributed by atoms with Gasteiger partial charge < -0.3 is 14.6 Å². The SMILES string of the molecule is COC(=O)c1sccc1NS(=O)(=O)c1cc(C(=O)[O-])ccc1F. The van der Waals surface area contributed by atoms with Crippen molar-refractivity contribution in [1.82, 2.24) is 0 Å². The minimum absolute atomic E-state index is 0.0208. The number of thiophene rings is 1. The van der Waals surface area contributed by atoms with Crippen LogP contribution in [-0.2, 0) is 14.8 Å². The Kier molecular flexibility index (Phi) is 4.66. The minimum Gasteiger partial charge on any atom is -0.545 e. The average molecular weight is 358 g/mol. The number of carboxylic acid groups (broad SMARTS) is 1. The number of sulfonamides is 1. The van der Waals surface area contributed by atoms with E-state index >= 15 is 0 Å². The third-order valence-electron chi connectivity index (χ3n) is 2.74. The minimum atomic E-state index is -4.45. The molecular weight excluding hydrogens is 349 g/mol. The Balaban J connectivity index is 2.44. The summed E-state index contributed by atoms with van der Waals surface area (Å²) in [5.41, 5.74) is -0.592. The number of methoxy groups -OCH3 is 1. The lowest BCUT2D eigenvalue weighted by Crippen LogP contribution is -2.23. The summed E-state index contributed by atoms with van der Waals surface area (Å²) in [7, 11) is -3.32. The standard InChI is InChI=1S/C13H10FNO6S2/c1-21-13(18)11-9(4-5-22-11)15-23(19,20)10-6-7(12(16)17)2-3-8(10)14/h2-6,15H,1H3,(H,16,17)/p-1. The number of esters is 1. The highest BCUT2D eigenvalue weighted by Gasteiger charge is 2.23. The van der Waals surface area contributed by atoms with Crippen molar-refractivity contribution in [2.45, 2.75) is 4.90 Å². The quantitative estimate of drug-likeness (QED) is 0.793. The molecule has 7 nitrogen and oxygen atoms in total. The van der Waals surface area contributed by atoms with Crippen molar-refractivity contribution < 1.29 is 32.2 Å². The molecule has 0 unspecified atom stereocenters. The molecule has 1 aromatic heterocycles. The molecule has 0 radical (unpaired) electrons. The first-order valence-electron chi connectivity index (χ1n) is 5.96. The van der Waals surface area contributed by atoms with E-state index < -0.39 is 38.2 Å².